The van der Waals surface area contributed by atoms with E-state index in [0.717, 1.165) is 0 Å². The molecule has 1 aliphatic heterocycles. The van der Waals surface area contributed by atoms with Crippen molar-refractivity contribution in [1.29, 1.82) is 5.26 Å². The molecule has 0 N–H and O–H groups in total. The molecule has 2 rings (SSSR count). The van der Waals surface area contributed by atoms with E-state index in [4.69, 9.17) is 10.00 Å². The standard InChI is InChI=1S/C9H5NO2/c10-4-6-1-2-7-8(11)5-12-9(7)3-6/h1-3H,5H2. The molecule has 1 aliphatic rings. The fourth-order valence-electron chi connectivity index (χ4n) is 1.16. The van der Waals surface area contributed by atoms with Crippen molar-refractivity contribution in [3.63, 3.8) is 0 Å². The van der Waals surface area contributed by atoms with Gasteiger partial charge in [-0.3, -0.25) is 4.79 Å². The van der Waals surface area contributed by atoms with E-state index < -0.39 is 0 Å². The lowest BCUT2D eigenvalue weighted by Crippen LogP contribution is -1.98. The van der Waals surface area contributed by atoms with Gasteiger partial charge < -0.3 is 4.74 Å². The third kappa shape index (κ3) is 0.857. The van der Waals surface area contributed by atoms with E-state index in [-0.39, 0.29) is 12.4 Å². The van der Waals surface area contributed by atoms with Crippen LogP contribution in [-0.2, 0) is 0 Å². The molecular weight excluding hydrogens is 154 g/mol. The zero-order valence-electron chi connectivity index (χ0n) is 6.20. The zero-order valence-corrected chi connectivity index (χ0v) is 6.20. The largest absolute Gasteiger partial charge is 0.485 e. The van der Waals surface area contributed by atoms with Crippen LogP contribution in [-0.4, -0.2) is 12.4 Å². The molecule has 3 heteroatoms. The predicted octanol–water partition coefficient (Wildman–Crippen LogP) is 1.13. The molecular formula is C9H5NO2. The number of hydrogen-bond acceptors (Lipinski definition) is 3. The first-order chi connectivity index (χ1) is 5.81. The van der Waals surface area contributed by atoms with Crippen LogP contribution in [0.1, 0.15) is 15.9 Å². The SMILES string of the molecule is N#Cc1ccc2c(c1)OCC2=O. The molecule has 0 bridgehead atoms. The Morgan fingerprint density at radius 2 is 2.33 bits per heavy atom. The summed E-state index contributed by atoms with van der Waals surface area (Å²) in [7, 11) is 0. The van der Waals surface area contributed by atoms with Gasteiger partial charge in [0.05, 0.1) is 17.2 Å². The van der Waals surface area contributed by atoms with Crippen molar-refractivity contribution in [1.82, 2.24) is 0 Å². The number of nitriles is 1. The molecule has 0 saturated heterocycles. The molecule has 0 fully saturated rings. The van der Waals surface area contributed by atoms with Gasteiger partial charge in [0.15, 0.2) is 6.61 Å². The third-order valence-corrected chi connectivity index (χ3v) is 1.77. The minimum Gasteiger partial charge on any atom is -0.485 e. The van der Waals surface area contributed by atoms with Gasteiger partial charge in [0.25, 0.3) is 0 Å². The Bertz CT molecular complexity index is 390. The van der Waals surface area contributed by atoms with Gasteiger partial charge in [-0.15, -0.1) is 0 Å². The molecule has 0 unspecified atom stereocenters. The first-order valence-corrected chi connectivity index (χ1v) is 3.51. The highest BCUT2D eigenvalue weighted by Crippen LogP contribution is 2.25. The lowest BCUT2D eigenvalue weighted by molar-refractivity contribution is 0.0961. The summed E-state index contributed by atoms with van der Waals surface area (Å²) in [5.41, 5.74) is 1.09. The van der Waals surface area contributed by atoms with Crippen LogP contribution in [0, 0.1) is 11.3 Å². The number of hydrogen-bond donors (Lipinski definition) is 0. The van der Waals surface area contributed by atoms with Crippen LogP contribution < -0.4 is 4.74 Å². The monoisotopic (exact) mass is 159 g/mol. The van der Waals surface area contributed by atoms with E-state index >= 15 is 0 Å². The molecule has 0 spiro atoms. The average Bonchev–Trinajstić information content (AvgIpc) is 2.47. The summed E-state index contributed by atoms with van der Waals surface area (Å²) in [5, 5.41) is 8.54. The van der Waals surface area contributed by atoms with Crippen molar-refractivity contribution in [2.24, 2.45) is 0 Å². The summed E-state index contributed by atoms with van der Waals surface area (Å²) in [4.78, 5) is 11.1. The Kier molecular flexibility index (Phi) is 1.34. The Labute approximate surface area is 69.2 Å². The molecule has 58 valence electrons. The molecule has 1 aromatic carbocycles. The maximum Gasteiger partial charge on any atom is 0.203 e. The summed E-state index contributed by atoms with van der Waals surface area (Å²) in [5.74, 6) is 0.508. The molecule has 12 heavy (non-hydrogen) atoms. The molecule has 0 atom stereocenters. The topological polar surface area (TPSA) is 50.1 Å². The smallest absolute Gasteiger partial charge is 0.203 e. The number of carbonyl (C=O) groups excluding carboxylic acids is 1. The molecule has 0 radical (unpaired) electrons. The van der Waals surface area contributed by atoms with Gasteiger partial charge in [-0.05, 0) is 18.2 Å². The first kappa shape index (κ1) is 6.86. The van der Waals surface area contributed by atoms with Crippen molar-refractivity contribution < 1.29 is 9.53 Å². The number of fused-ring (bicyclic) bond motifs is 1. The second-order valence-corrected chi connectivity index (χ2v) is 2.53. The van der Waals surface area contributed by atoms with Gasteiger partial charge in [-0.25, -0.2) is 0 Å². The number of nitrogens with zero attached hydrogens (tertiary/aromatic N) is 1. The molecule has 0 aromatic heterocycles. The Morgan fingerprint density at radius 3 is 3.08 bits per heavy atom. The van der Waals surface area contributed by atoms with Gasteiger partial charge in [-0.1, -0.05) is 0 Å². The zero-order chi connectivity index (χ0) is 8.55. The van der Waals surface area contributed by atoms with E-state index in [2.05, 4.69) is 0 Å². The van der Waals surface area contributed by atoms with Crippen LogP contribution >= 0.6 is 0 Å². The van der Waals surface area contributed by atoms with Crippen molar-refractivity contribution in [2.75, 3.05) is 6.61 Å². The second-order valence-electron chi connectivity index (χ2n) is 2.53. The highest BCUT2D eigenvalue weighted by molar-refractivity contribution is 6.02. The van der Waals surface area contributed by atoms with Crippen LogP contribution in [0.25, 0.3) is 0 Å². The molecule has 1 heterocycles. The Morgan fingerprint density at radius 1 is 1.50 bits per heavy atom. The van der Waals surface area contributed by atoms with Crippen LogP contribution in [0.5, 0.6) is 5.75 Å². The number of Topliss-reactive ketones (excluding diaryl/α,β-unsaturated/α-hetero) is 1. The maximum atomic E-state index is 11.1. The van der Waals surface area contributed by atoms with Gasteiger partial charge in [0.1, 0.15) is 5.75 Å². The van der Waals surface area contributed by atoms with Crippen LogP contribution in [0.2, 0.25) is 0 Å². The first-order valence-electron chi connectivity index (χ1n) is 3.51. The van der Waals surface area contributed by atoms with E-state index in [9.17, 15) is 4.79 Å². The average molecular weight is 159 g/mol. The summed E-state index contributed by atoms with van der Waals surface area (Å²) < 4.78 is 5.05. The van der Waals surface area contributed by atoms with Crippen molar-refractivity contribution in [2.45, 2.75) is 0 Å². The van der Waals surface area contributed by atoms with Crippen LogP contribution in [0.4, 0.5) is 0 Å². The molecule has 0 saturated carbocycles. The highest BCUT2D eigenvalue weighted by atomic mass is 16.5. The van der Waals surface area contributed by atoms with E-state index in [0.29, 0.717) is 16.9 Å². The minimum absolute atomic E-state index is 0.0190. The lowest BCUT2D eigenvalue weighted by Gasteiger charge is -1.95. The molecule has 1 aromatic rings. The Balaban J connectivity index is 2.57. The number of benzene rings is 1. The number of rotatable bonds is 0. The summed E-state index contributed by atoms with van der Waals surface area (Å²) in [6, 6.07) is 6.81. The molecule has 0 aliphatic carbocycles. The van der Waals surface area contributed by atoms with E-state index in [1.807, 2.05) is 6.07 Å². The fraction of sp³-hybridized carbons (Fsp3) is 0.111. The predicted molar refractivity (Wildman–Crippen MR) is 41.0 cm³/mol. The van der Waals surface area contributed by atoms with E-state index in [1.54, 1.807) is 18.2 Å². The van der Waals surface area contributed by atoms with Crippen molar-refractivity contribution in [3.8, 4) is 11.8 Å². The highest BCUT2D eigenvalue weighted by Gasteiger charge is 2.20. The normalized spacial score (nSPS) is 13.4. The molecule has 0 amide bonds. The maximum absolute atomic E-state index is 11.1. The quantitative estimate of drug-likeness (QED) is 0.570. The van der Waals surface area contributed by atoms with Crippen LogP contribution in [0.3, 0.4) is 0 Å². The summed E-state index contributed by atoms with van der Waals surface area (Å²) in [6.45, 7) is 0.101. The second kappa shape index (κ2) is 2.35. The van der Waals surface area contributed by atoms with Gasteiger partial charge in [0, 0.05) is 0 Å². The molecule has 3 nitrogen and oxygen atoms in total. The fourth-order valence-corrected chi connectivity index (χ4v) is 1.16. The summed E-state index contributed by atoms with van der Waals surface area (Å²) in [6.07, 6.45) is 0. The lowest BCUT2D eigenvalue weighted by atomic mass is 10.1. The van der Waals surface area contributed by atoms with E-state index in [1.165, 1.54) is 0 Å². The minimum atomic E-state index is -0.0190. The number of ether oxygens (including phenoxy) is 1. The number of ketones is 1. The summed E-state index contributed by atoms with van der Waals surface area (Å²) >= 11 is 0. The van der Waals surface area contributed by atoms with Crippen LogP contribution in [0.15, 0.2) is 18.2 Å². The van der Waals surface area contributed by atoms with Crippen molar-refractivity contribution >= 4 is 5.78 Å². The van der Waals surface area contributed by atoms with Gasteiger partial charge in [-0.2, -0.15) is 5.26 Å². The Hall–Kier alpha value is -1.82. The van der Waals surface area contributed by atoms with Gasteiger partial charge >= 0.3 is 0 Å². The number of carbonyl (C=O) groups is 1. The third-order valence-electron chi connectivity index (χ3n) is 1.77. The van der Waals surface area contributed by atoms with Crippen molar-refractivity contribution in [3.05, 3.63) is 29.3 Å². The van der Waals surface area contributed by atoms with Gasteiger partial charge in [0.2, 0.25) is 5.78 Å².